The minimum absolute atomic E-state index is 0.0401. The largest absolute Gasteiger partial charge is 0.366 e. The third-order valence-corrected chi connectivity index (χ3v) is 4.11. The van der Waals surface area contributed by atoms with Crippen molar-refractivity contribution in [2.75, 3.05) is 18.0 Å². The van der Waals surface area contributed by atoms with Crippen LogP contribution in [0.4, 0.5) is 10.1 Å². The Balaban J connectivity index is 1.92. The lowest BCUT2D eigenvalue weighted by atomic mass is 9.91. The van der Waals surface area contributed by atoms with Crippen molar-refractivity contribution in [3.63, 3.8) is 0 Å². The van der Waals surface area contributed by atoms with Crippen LogP contribution in [-0.2, 0) is 11.3 Å². The zero-order chi connectivity index (χ0) is 13.4. The maximum absolute atomic E-state index is 13.6. The van der Waals surface area contributed by atoms with E-state index in [-0.39, 0.29) is 23.7 Å². The normalized spacial score (nSPS) is 26.2. The summed E-state index contributed by atoms with van der Waals surface area (Å²) < 4.78 is 13.6. The Bertz CT molecular complexity index is 505. The van der Waals surface area contributed by atoms with Crippen molar-refractivity contribution in [1.82, 2.24) is 5.32 Å². The lowest BCUT2D eigenvalue weighted by Gasteiger charge is -2.38. The molecule has 2 atom stereocenters. The standard InChI is InChI=1S/C14H18FN3O/c15-10-4-9(7-16)5-11(6-10)18-3-1-2-12-13(18)8-17-14(12)19/h4-6,12-13H,1-3,7-8,16H2,(H,17,19). The van der Waals surface area contributed by atoms with Crippen LogP contribution >= 0.6 is 0 Å². The molecule has 1 aromatic carbocycles. The van der Waals surface area contributed by atoms with E-state index >= 15 is 0 Å². The molecule has 2 aliphatic heterocycles. The molecule has 0 spiro atoms. The first-order valence-electron chi connectivity index (χ1n) is 6.73. The molecule has 0 bridgehead atoms. The van der Waals surface area contributed by atoms with Gasteiger partial charge in [0.2, 0.25) is 5.91 Å². The van der Waals surface area contributed by atoms with Crippen molar-refractivity contribution < 1.29 is 9.18 Å². The monoisotopic (exact) mass is 263 g/mol. The molecule has 102 valence electrons. The summed E-state index contributed by atoms with van der Waals surface area (Å²) in [6.45, 7) is 1.84. The summed E-state index contributed by atoms with van der Waals surface area (Å²) in [5, 5.41) is 2.91. The lowest BCUT2D eigenvalue weighted by Crippen LogP contribution is -2.45. The number of nitrogens with two attached hydrogens (primary N) is 1. The van der Waals surface area contributed by atoms with Gasteiger partial charge in [-0.15, -0.1) is 0 Å². The molecule has 1 aromatic rings. The average Bonchev–Trinajstić information content (AvgIpc) is 2.80. The van der Waals surface area contributed by atoms with E-state index in [4.69, 9.17) is 5.73 Å². The molecule has 2 aliphatic rings. The Morgan fingerprint density at radius 1 is 1.42 bits per heavy atom. The van der Waals surface area contributed by atoms with Crippen molar-refractivity contribution in [3.8, 4) is 0 Å². The van der Waals surface area contributed by atoms with E-state index in [0.717, 1.165) is 30.6 Å². The van der Waals surface area contributed by atoms with E-state index in [1.54, 1.807) is 0 Å². The number of fused-ring (bicyclic) bond motifs is 1. The van der Waals surface area contributed by atoms with Crippen molar-refractivity contribution in [2.45, 2.75) is 25.4 Å². The topological polar surface area (TPSA) is 58.4 Å². The number of piperidine rings is 1. The highest BCUT2D eigenvalue weighted by Gasteiger charge is 2.40. The van der Waals surface area contributed by atoms with E-state index in [0.29, 0.717) is 13.1 Å². The van der Waals surface area contributed by atoms with Crippen LogP contribution in [0.1, 0.15) is 18.4 Å². The third-order valence-electron chi connectivity index (χ3n) is 4.11. The summed E-state index contributed by atoms with van der Waals surface area (Å²) in [7, 11) is 0. The molecule has 5 heteroatoms. The van der Waals surface area contributed by atoms with Crippen LogP contribution in [-0.4, -0.2) is 25.0 Å². The summed E-state index contributed by atoms with van der Waals surface area (Å²) >= 11 is 0. The van der Waals surface area contributed by atoms with Gasteiger partial charge in [0, 0.05) is 25.3 Å². The molecule has 1 amide bonds. The van der Waals surface area contributed by atoms with Gasteiger partial charge in [0.25, 0.3) is 0 Å². The number of carbonyl (C=O) groups is 1. The minimum Gasteiger partial charge on any atom is -0.366 e. The number of hydrogen-bond acceptors (Lipinski definition) is 3. The first kappa shape index (κ1) is 12.4. The van der Waals surface area contributed by atoms with Crippen molar-refractivity contribution in [3.05, 3.63) is 29.6 Å². The van der Waals surface area contributed by atoms with Gasteiger partial charge in [0.15, 0.2) is 0 Å². The molecule has 0 aliphatic carbocycles. The quantitative estimate of drug-likeness (QED) is 0.837. The van der Waals surface area contributed by atoms with Gasteiger partial charge in [0.1, 0.15) is 5.82 Å². The number of amides is 1. The van der Waals surface area contributed by atoms with Gasteiger partial charge >= 0.3 is 0 Å². The first-order valence-corrected chi connectivity index (χ1v) is 6.73. The molecule has 3 rings (SSSR count). The van der Waals surface area contributed by atoms with Gasteiger partial charge in [-0.3, -0.25) is 4.79 Å². The molecule has 2 fully saturated rings. The Labute approximate surface area is 111 Å². The predicted octanol–water partition coefficient (Wildman–Crippen LogP) is 0.999. The van der Waals surface area contributed by atoms with Crippen LogP contribution in [0.5, 0.6) is 0 Å². The molecule has 3 N–H and O–H groups in total. The van der Waals surface area contributed by atoms with Gasteiger partial charge in [-0.05, 0) is 36.6 Å². The number of anilines is 1. The molecular weight excluding hydrogens is 245 g/mol. The Hall–Kier alpha value is -1.62. The number of nitrogens with one attached hydrogen (secondary N) is 1. The molecule has 0 saturated carbocycles. The molecule has 4 nitrogen and oxygen atoms in total. The fourth-order valence-electron chi connectivity index (χ4n) is 3.19. The fraction of sp³-hybridized carbons (Fsp3) is 0.500. The second-order valence-corrected chi connectivity index (χ2v) is 5.28. The van der Waals surface area contributed by atoms with E-state index in [1.165, 1.54) is 12.1 Å². The van der Waals surface area contributed by atoms with Crippen LogP contribution in [0.15, 0.2) is 18.2 Å². The molecule has 0 aromatic heterocycles. The van der Waals surface area contributed by atoms with Gasteiger partial charge in [-0.1, -0.05) is 0 Å². The maximum atomic E-state index is 13.6. The fourth-order valence-corrected chi connectivity index (χ4v) is 3.19. The van der Waals surface area contributed by atoms with Crippen molar-refractivity contribution in [1.29, 1.82) is 0 Å². The van der Waals surface area contributed by atoms with Crippen molar-refractivity contribution in [2.24, 2.45) is 11.7 Å². The molecule has 2 heterocycles. The molecule has 2 saturated heterocycles. The van der Waals surface area contributed by atoms with Crippen LogP contribution in [0.3, 0.4) is 0 Å². The van der Waals surface area contributed by atoms with E-state index in [2.05, 4.69) is 10.2 Å². The summed E-state index contributed by atoms with van der Waals surface area (Å²) in [6, 6.07) is 5.07. The summed E-state index contributed by atoms with van der Waals surface area (Å²) in [5.74, 6) is -0.0964. The number of carbonyl (C=O) groups excluding carboxylic acids is 1. The van der Waals surface area contributed by atoms with Gasteiger partial charge in [-0.25, -0.2) is 4.39 Å². The highest BCUT2D eigenvalue weighted by molar-refractivity contribution is 5.83. The number of halogens is 1. The Morgan fingerprint density at radius 2 is 2.26 bits per heavy atom. The van der Waals surface area contributed by atoms with E-state index < -0.39 is 0 Å². The third kappa shape index (κ3) is 2.18. The Morgan fingerprint density at radius 3 is 3.05 bits per heavy atom. The smallest absolute Gasteiger partial charge is 0.225 e. The second-order valence-electron chi connectivity index (χ2n) is 5.28. The number of hydrogen-bond donors (Lipinski definition) is 2. The van der Waals surface area contributed by atoms with Gasteiger partial charge in [-0.2, -0.15) is 0 Å². The highest BCUT2D eigenvalue weighted by Crippen LogP contribution is 2.32. The van der Waals surface area contributed by atoms with Crippen LogP contribution in [0.2, 0.25) is 0 Å². The van der Waals surface area contributed by atoms with Crippen LogP contribution < -0.4 is 16.0 Å². The summed E-state index contributed by atoms with van der Waals surface area (Å²) in [5.41, 5.74) is 7.22. The summed E-state index contributed by atoms with van der Waals surface area (Å²) in [4.78, 5) is 13.9. The van der Waals surface area contributed by atoms with Crippen LogP contribution in [0.25, 0.3) is 0 Å². The number of nitrogens with zero attached hydrogens (tertiary/aromatic N) is 1. The minimum atomic E-state index is -0.266. The zero-order valence-corrected chi connectivity index (χ0v) is 10.7. The molecule has 2 unspecified atom stereocenters. The predicted molar refractivity (Wildman–Crippen MR) is 71.2 cm³/mol. The molecular formula is C14H18FN3O. The van der Waals surface area contributed by atoms with E-state index in [9.17, 15) is 9.18 Å². The number of rotatable bonds is 2. The highest BCUT2D eigenvalue weighted by atomic mass is 19.1. The van der Waals surface area contributed by atoms with Crippen molar-refractivity contribution >= 4 is 11.6 Å². The van der Waals surface area contributed by atoms with Gasteiger partial charge in [0.05, 0.1) is 12.0 Å². The maximum Gasteiger partial charge on any atom is 0.225 e. The molecule has 0 radical (unpaired) electrons. The van der Waals surface area contributed by atoms with Gasteiger partial charge < -0.3 is 16.0 Å². The van der Waals surface area contributed by atoms with Crippen LogP contribution in [0, 0.1) is 11.7 Å². The zero-order valence-electron chi connectivity index (χ0n) is 10.7. The lowest BCUT2D eigenvalue weighted by molar-refractivity contribution is -0.122. The number of benzene rings is 1. The SMILES string of the molecule is NCc1cc(F)cc(N2CCCC3C(=O)NCC32)c1. The second kappa shape index (κ2) is 4.81. The Kier molecular flexibility index (Phi) is 3.14. The molecule has 19 heavy (non-hydrogen) atoms. The first-order chi connectivity index (χ1) is 9.19. The van der Waals surface area contributed by atoms with E-state index in [1.807, 2.05) is 6.07 Å². The summed E-state index contributed by atoms with van der Waals surface area (Å²) in [6.07, 6.45) is 1.88. The average molecular weight is 263 g/mol.